The van der Waals surface area contributed by atoms with Crippen LogP contribution in [0.15, 0.2) is 0 Å². The Balaban J connectivity index is 5.35. The van der Waals surface area contributed by atoms with Gasteiger partial charge in [0.15, 0.2) is 9.84 Å². The molecule has 12 heteroatoms. The first-order valence-corrected chi connectivity index (χ1v) is 8.94. The minimum absolute atomic E-state index is 0.136. The molecule has 2 unspecified atom stereocenters. The zero-order valence-corrected chi connectivity index (χ0v) is 14.2. The Morgan fingerprint density at radius 3 is 1.92 bits per heavy atom. The van der Waals surface area contributed by atoms with Gasteiger partial charge in [0.25, 0.3) is 5.91 Å². The summed E-state index contributed by atoms with van der Waals surface area (Å²) >= 11 is 5.59. The summed E-state index contributed by atoms with van der Waals surface area (Å²) in [6, 6.07) is 0. The van der Waals surface area contributed by atoms with E-state index in [4.69, 9.17) is 17.3 Å². The van der Waals surface area contributed by atoms with Crippen molar-refractivity contribution in [3.8, 4) is 0 Å². The lowest BCUT2D eigenvalue weighted by atomic mass is 9.96. The van der Waals surface area contributed by atoms with E-state index in [-0.39, 0.29) is 12.8 Å². The third kappa shape index (κ3) is 6.66. The second-order valence-corrected chi connectivity index (χ2v) is 8.55. The predicted molar refractivity (Wildman–Crippen MR) is 75.9 cm³/mol. The molecule has 0 aromatic rings. The number of hydrogen-bond donors (Lipinski definition) is 1. The number of alkyl halides is 7. The van der Waals surface area contributed by atoms with Crippen LogP contribution >= 0.6 is 11.6 Å². The van der Waals surface area contributed by atoms with E-state index in [0.717, 1.165) is 0 Å². The number of primary amides is 1. The second-order valence-electron chi connectivity index (χ2n) is 5.34. The summed E-state index contributed by atoms with van der Waals surface area (Å²) in [5, 5.41) is 0. The maximum atomic E-state index is 12.8. The fourth-order valence-electron chi connectivity index (χ4n) is 2.02. The van der Waals surface area contributed by atoms with Crippen LogP contribution in [0.1, 0.15) is 39.0 Å². The lowest BCUT2D eigenvalue weighted by Gasteiger charge is -2.27. The molecule has 0 aromatic carbocycles. The molecule has 0 radical (unpaired) electrons. The molecule has 0 saturated heterocycles. The standard InChI is InChI=1S/C12H18ClF6NO3S/c1-2-3-8(12(17,18)19)4-5-10(13,9(20)21)24(22,23)7-6-11(14,15)16/h8H,2-7H2,1H3,(H2,20,21). The van der Waals surface area contributed by atoms with Crippen molar-refractivity contribution in [2.24, 2.45) is 11.7 Å². The van der Waals surface area contributed by atoms with Crippen LogP contribution in [0.25, 0.3) is 0 Å². The molecule has 0 fully saturated rings. The van der Waals surface area contributed by atoms with Crippen LogP contribution in [0, 0.1) is 5.92 Å². The highest BCUT2D eigenvalue weighted by molar-refractivity contribution is 7.95. The fraction of sp³-hybridized carbons (Fsp3) is 0.917. The van der Waals surface area contributed by atoms with Crippen molar-refractivity contribution in [1.82, 2.24) is 0 Å². The van der Waals surface area contributed by atoms with Gasteiger partial charge in [-0.05, 0) is 19.3 Å². The van der Waals surface area contributed by atoms with E-state index in [1.54, 1.807) is 0 Å². The van der Waals surface area contributed by atoms with Crippen LogP contribution in [-0.4, -0.2) is 36.6 Å². The fourth-order valence-corrected chi connectivity index (χ4v) is 3.92. The molecular weight excluding hydrogens is 388 g/mol. The zero-order chi connectivity index (χ0) is 19.4. The molecule has 144 valence electrons. The number of carbonyl (C=O) groups excluding carboxylic acids is 1. The Labute approximate surface area is 140 Å². The molecule has 0 aliphatic heterocycles. The molecule has 2 atom stereocenters. The van der Waals surface area contributed by atoms with E-state index in [9.17, 15) is 39.6 Å². The molecule has 0 bridgehead atoms. The van der Waals surface area contributed by atoms with E-state index in [1.807, 2.05) is 0 Å². The first-order valence-electron chi connectivity index (χ1n) is 6.91. The van der Waals surface area contributed by atoms with Crippen molar-refractivity contribution >= 4 is 27.3 Å². The van der Waals surface area contributed by atoms with Gasteiger partial charge < -0.3 is 5.73 Å². The Kier molecular flexibility index (Phi) is 7.87. The maximum Gasteiger partial charge on any atom is 0.391 e. The Hall–Kier alpha value is -0.710. The van der Waals surface area contributed by atoms with Crippen molar-refractivity contribution in [3.05, 3.63) is 0 Å². The van der Waals surface area contributed by atoms with E-state index >= 15 is 0 Å². The summed E-state index contributed by atoms with van der Waals surface area (Å²) in [7, 11) is -4.91. The number of hydrogen-bond acceptors (Lipinski definition) is 3. The largest absolute Gasteiger partial charge is 0.391 e. The molecule has 0 spiro atoms. The van der Waals surface area contributed by atoms with Crippen molar-refractivity contribution in [2.45, 2.75) is 55.6 Å². The molecule has 2 N–H and O–H groups in total. The predicted octanol–water partition coefficient (Wildman–Crippen LogP) is 3.53. The lowest BCUT2D eigenvalue weighted by molar-refractivity contribution is -0.178. The second kappa shape index (κ2) is 8.11. The minimum atomic E-state index is -4.91. The van der Waals surface area contributed by atoms with Gasteiger partial charge in [-0.3, -0.25) is 4.79 Å². The lowest BCUT2D eigenvalue weighted by Crippen LogP contribution is -2.48. The summed E-state index contributed by atoms with van der Waals surface area (Å²) in [5.41, 5.74) is 4.85. The van der Waals surface area contributed by atoms with E-state index in [0.29, 0.717) is 0 Å². The molecule has 1 amide bonds. The highest BCUT2D eigenvalue weighted by Gasteiger charge is 2.50. The van der Waals surface area contributed by atoms with Gasteiger partial charge in [0.2, 0.25) is 4.21 Å². The Bertz CT molecular complexity index is 534. The van der Waals surface area contributed by atoms with Crippen LogP contribution in [-0.2, 0) is 14.6 Å². The maximum absolute atomic E-state index is 12.8. The number of amides is 1. The van der Waals surface area contributed by atoms with Crippen molar-refractivity contribution in [2.75, 3.05) is 5.75 Å². The Morgan fingerprint density at radius 2 is 1.58 bits per heavy atom. The average Bonchev–Trinajstić information content (AvgIpc) is 2.38. The summed E-state index contributed by atoms with van der Waals surface area (Å²) < 4.78 is 95.9. The van der Waals surface area contributed by atoms with Crippen LogP contribution in [0.4, 0.5) is 26.3 Å². The van der Waals surface area contributed by atoms with Gasteiger partial charge in [-0.15, -0.1) is 0 Å². The summed E-state index contributed by atoms with van der Waals surface area (Å²) in [6.45, 7) is 1.47. The van der Waals surface area contributed by atoms with Gasteiger partial charge in [0.05, 0.1) is 18.1 Å². The molecule has 0 rings (SSSR count). The molecule has 0 aliphatic rings. The van der Waals surface area contributed by atoms with Gasteiger partial charge in [-0.25, -0.2) is 8.42 Å². The normalized spacial score (nSPS) is 17.3. The van der Waals surface area contributed by atoms with E-state index in [1.165, 1.54) is 6.92 Å². The van der Waals surface area contributed by atoms with Crippen LogP contribution in [0.3, 0.4) is 0 Å². The molecular formula is C12H18ClF6NO3S. The highest BCUT2D eigenvalue weighted by Crippen LogP contribution is 2.38. The van der Waals surface area contributed by atoms with Gasteiger partial charge in [0.1, 0.15) is 0 Å². The van der Waals surface area contributed by atoms with Gasteiger partial charge in [0, 0.05) is 0 Å². The molecule has 0 heterocycles. The van der Waals surface area contributed by atoms with Crippen LogP contribution in [0.5, 0.6) is 0 Å². The quantitative estimate of drug-likeness (QED) is 0.471. The minimum Gasteiger partial charge on any atom is -0.367 e. The van der Waals surface area contributed by atoms with E-state index in [2.05, 4.69) is 0 Å². The summed E-state index contributed by atoms with van der Waals surface area (Å²) in [4.78, 5) is 11.4. The van der Waals surface area contributed by atoms with Crippen LogP contribution in [0.2, 0.25) is 0 Å². The third-order valence-corrected chi connectivity index (χ3v) is 6.64. The average molecular weight is 406 g/mol. The molecule has 0 aromatic heterocycles. The number of carbonyl (C=O) groups is 1. The zero-order valence-electron chi connectivity index (χ0n) is 12.7. The van der Waals surface area contributed by atoms with Crippen molar-refractivity contribution in [1.29, 1.82) is 0 Å². The van der Waals surface area contributed by atoms with Gasteiger partial charge in [-0.1, -0.05) is 24.9 Å². The molecule has 4 nitrogen and oxygen atoms in total. The van der Waals surface area contributed by atoms with Gasteiger partial charge in [-0.2, -0.15) is 26.3 Å². The summed E-state index contributed by atoms with van der Waals surface area (Å²) in [5.74, 6) is -5.16. The SMILES string of the molecule is CCCC(CCC(Cl)(C(N)=O)S(=O)(=O)CCC(F)(F)F)C(F)(F)F. The van der Waals surface area contributed by atoms with E-state index < -0.39 is 63.2 Å². The first kappa shape index (κ1) is 23.3. The molecule has 24 heavy (non-hydrogen) atoms. The van der Waals surface area contributed by atoms with Crippen LogP contribution < -0.4 is 5.73 Å². The number of nitrogens with two attached hydrogens (primary N) is 1. The number of rotatable bonds is 9. The van der Waals surface area contributed by atoms with Crippen molar-refractivity contribution in [3.63, 3.8) is 0 Å². The van der Waals surface area contributed by atoms with Gasteiger partial charge >= 0.3 is 12.4 Å². The third-order valence-electron chi connectivity index (χ3n) is 3.43. The first-order chi connectivity index (χ1) is 10.6. The molecule has 0 saturated carbocycles. The monoisotopic (exact) mass is 405 g/mol. The number of sulfone groups is 1. The summed E-state index contributed by atoms with van der Waals surface area (Å²) in [6.07, 6.45) is -13.3. The molecule has 0 aliphatic carbocycles. The topological polar surface area (TPSA) is 77.2 Å². The highest BCUT2D eigenvalue weighted by atomic mass is 35.5. The van der Waals surface area contributed by atoms with Crippen molar-refractivity contribution < 1.29 is 39.6 Å². The number of halogens is 7. The smallest absolute Gasteiger partial charge is 0.367 e. The Morgan fingerprint density at radius 1 is 1.08 bits per heavy atom.